The van der Waals surface area contributed by atoms with Crippen LogP contribution in [0.5, 0.6) is 5.75 Å². The fourth-order valence-electron chi connectivity index (χ4n) is 2.94. The van der Waals surface area contributed by atoms with Crippen molar-refractivity contribution in [1.29, 1.82) is 0 Å². The van der Waals surface area contributed by atoms with Crippen LogP contribution in [-0.2, 0) is 28.0 Å². The minimum atomic E-state index is -3.65. The molecule has 1 aromatic heterocycles. The molecule has 0 saturated carbocycles. The van der Waals surface area contributed by atoms with Crippen LogP contribution in [0.1, 0.15) is 28.8 Å². The summed E-state index contributed by atoms with van der Waals surface area (Å²) in [4.78, 5) is 16.6. The van der Waals surface area contributed by atoms with Crippen molar-refractivity contribution in [3.63, 3.8) is 0 Å². The summed E-state index contributed by atoms with van der Waals surface area (Å²) in [6.45, 7) is 4.49. The summed E-state index contributed by atoms with van der Waals surface area (Å²) >= 11 is 0. The Morgan fingerprint density at radius 2 is 1.84 bits per heavy atom. The summed E-state index contributed by atoms with van der Waals surface area (Å²) in [5, 5.41) is 2.80. The lowest BCUT2D eigenvalue weighted by Gasteiger charge is -2.10. The summed E-state index contributed by atoms with van der Waals surface area (Å²) in [6.07, 6.45) is 1.76. The van der Waals surface area contributed by atoms with Gasteiger partial charge in [0.25, 0.3) is 0 Å². The zero-order valence-corrected chi connectivity index (χ0v) is 19.0. The van der Waals surface area contributed by atoms with Gasteiger partial charge in [-0.2, -0.15) is 0 Å². The highest BCUT2D eigenvalue weighted by Crippen LogP contribution is 2.16. The van der Waals surface area contributed by atoms with Crippen molar-refractivity contribution in [3.05, 3.63) is 89.2 Å². The molecule has 0 spiro atoms. The van der Waals surface area contributed by atoms with E-state index in [1.165, 1.54) is 0 Å². The van der Waals surface area contributed by atoms with E-state index in [-0.39, 0.29) is 23.8 Å². The molecule has 0 aliphatic heterocycles. The number of nitrogens with one attached hydrogen (secondary N) is 2. The van der Waals surface area contributed by atoms with Gasteiger partial charge in [0, 0.05) is 25.7 Å². The maximum Gasteiger partial charge on any atom is 0.240 e. The first-order chi connectivity index (χ1) is 15.3. The number of carbonyl (C=O) groups excluding carboxylic acids is 1. The molecule has 3 aromatic rings. The Labute approximate surface area is 188 Å². The highest BCUT2D eigenvalue weighted by molar-refractivity contribution is 7.89. The van der Waals surface area contributed by atoms with Gasteiger partial charge in [0.1, 0.15) is 12.4 Å². The van der Waals surface area contributed by atoms with Crippen molar-refractivity contribution in [2.24, 2.45) is 0 Å². The summed E-state index contributed by atoms with van der Waals surface area (Å²) in [6, 6.07) is 18.0. The number of sulfonamides is 1. The number of benzene rings is 2. The summed E-state index contributed by atoms with van der Waals surface area (Å²) in [7, 11) is -3.65. The Balaban J connectivity index is 1.44. The average molecular weight is 454 g/mol. The van der Waals surface area contributed by atoms with E-state index in [9.17, 15) is 13.2 Å². The molecule has 0 atom stereocenters. The molecule has 32 heavy (non-hydrogen) atoms. The number of rotatable bonds is 10. The quantitative estimate of drug-likeness (QED) is 0.491. The number of nitrogens with zero attached hydrogens (tertiary/aromatic N) is 1. The van der Waals surface area contributed by atoms with E-state index >= 15 is 0 Å². The number of aryl methyl sites for hydroxylation is 2. The highest BCUT2D eigenvalue weighted by Gasteiger charge is 2.15. The summed E-state index contributed by atoms with van der Waals surface area (Å²) in [5.74, 6) is 0.441. The minimum Gasteiger partial charge on any atom is -0.487 e. The van der Waals surface area contributed by atoms with Gasteiger partial charge in [-0.25, -0.2) is 13.1 Å². The third kappa shape index (κ3) is 6.90. The lowest BCUT2D eigenvalue weighted by Crippen LogP contribution is -2.30. The van der Waals surface area contributed by atoms with Gasteiger partial charge in [-0.15, -0.1) is 0 Å². The third-order valence-electron chi connectivity index (χ3n) is 4.93. The number of pyridine rings is 1. The molecule has 0 bridgehead atoms. The Hall–Kier alpha value is -3.23. The molecule has 1 heterocycles. The molecule has 0 aliphatic carbocycles. The van der Waals surface area contributed by atoms with Crippen LogP contribution in [-0.4, -0.2) is 25.9 Å². The van der Waals surface area contributed by atoms with Gasteiger partial charge in [0.15, 0.2) is 0 Å². The van der Waals surface area contributed by atoms with E-state index in [0.29, 0.717) is 18.9 Å². The van der Waals surface area contributed by atoms with Gasteiger partial charge in [-0.05, 0) is 66.9 Å². The molecular weight excluding hydrogens is 426 g/mol. The van der Waals surface area contributed by atoms with E-state index in [2.05, 4.69) is 15.0 Å². The summed E-state index contributed by atoms with van der Waals surface area (Å²) < 4.78 is 33.0. The lowest BCUT2D eigenvalue weighted by molar-refractivity contribution is -0.121. The fraction of sp³-hybridized carbons (Fsp3) is 0.250. The van der Waals surface area contributed by atoms with Gasteiger partial charge >= 0.3 is 0 Å². The van der Waals surface area contributed by atoms with E-state index < -0.39 is 10.0 Å². The number of carbonyl (C=O) groups is 1. The van der Waals surface area contributed by atoms with Crippen LogP contribution in [0.2, 0.25) is 0 Å². The second-order valence-electron chi connectivity index (χ2n) is 7.43. The predicted octanol–water partition coefficient (Wildman–Crippen LogP) is 3.26. The van der Waals surface area contributed by atoms with Crippen LogP contribution in [0.3, 0.4) is 0 Å². The normalized spacial score (nSPS) is 11.2. The van der Waals surface area contributed by atoms with Gasteiger partial charge in [-0.1, -0.05) is 24.3 Å². The molecule has 0 radical (unpaired) electrons. The Kier molecular flexibility index (Phi) is 7.97. The molecular formula is C24H27N3O4S. The molecule has 0 fully saturated rings. The minimum absolute atomic E-state index is 0.0221. The predicted molar refractivity (Wildman–Crippen MR) is 123 cm³/mol. The standard InChI is InChI=1S/C24H27N3O4S/c1-18-9-10-23(14-19(18)2)32(29,30)27-13-11-24(28)26-16-20-6-5-8-22(15-20)31-17-21-7-3-4-12-25-21/h3-10,12,14-15,27H,11,13,16-17H2,1-2H3,(H,26,28). The van der Waals surface area contributed by atoms with Crippen LogP contribution in [0.4, 0.5) is 0 Å². The van der Waals surface area contributed by atoms with Gasteiger partial charge in [-0.3, -0.25) is 9.78 Å². The van der Waals surface area contributed by atoms with Gasteiger partial charge in [0.05, 0.1) is 10.6 Å². The number of aromatic nitrogens is 1. The Morgan fingerprint density at radius 1 is 1.00 bits per heavy atom. The smallest absolute Gasteiger partial charge is 0.240 e. The van der Waals surface area contributed by atoms with Crippen LogP contribution < -0.4 is 14.8 Å². The highest BCUT2D eigenvalue weighted by atomic mass is 32.2. The average Bonchev–Trinajstić information content (AvgIpc) is 2.79. The molecule has 0 aliphatic rings. The van der Waals surface area contributed by atoms with E-state index in [1.54, 1.807) is 24.4 Å². The van der Waals surface area contributed by atoms with E-state index in [1.807, 2.05) is 56.3 Å². The van der Waals surface area contributed by atoms with Crippen LogP contribution >= 0.6 is 0 Å². The number of hydrogen-bond acceptors (Lipinski definition) is 5. The number of ether oxygens (including phenoxy) is 1. The van der Waals surface area contributed by atoms with Crippen molar-refractivity contribution in [2.75, 3.05) is 6.54 Å². The topological polar surface area (TPSA) is 97.4 Å². The van der Waals surface area contributed by atoms with Crippen LogP contribution in [0, 0.1) is 13.8 Å². The Bertz CT molecular complexity index is 1160. The van der Waals surface area contributed by atoms with Crippen LogP contribution in [0.15, 0.2) is 71.8 Å². The SMILES string of the molecule is Cc1ccc(S(=O)(=O)NCCC(=O)NCc2cccc(OCc3ccccn3)c2)cc1C. The third-order valence-corrected chi connectivity index (χ3v) is 6.39. The first kappa shape index (κ1) is 23.4. The molecule has 0 saturated heterocycles. The van der Waals surface area contributed by atoms with Gasteiger partial charge < -0.3 is 10.1 Å². The number of amides is 1. The molecule has 0 unspecified atom stereocenters. The monoisotopic (exact) mass is 453 g/mol. The van der Waals surface area contributed by atoms with Gasteiger partial charge in [0.2, 0.25) is 15.9 Å². The van der Waals surface area contributed by atoms with E-state index in [4.69, 9.17) is 4.74 Å². The second kappa shape index (κ2) is 10.9. The largest absolute Gasteiger partial charge is 0.487 e. The second-order valence-corrected chi connectivity index (χ2v) is 9.19. The fourth-order valence-corrected chi connectivity index (χ4v) is 4.05. The number of hydrogen-bond donors (Lipinski definition) is 2. The van der Waals surface area contributed by atoms with Crippen molar-refractivity contribution in [2.45, 2.75) is 38.3 Å². The molecule has 1 amide bonds. The maximum atomic E-state index is 12.4. The van der Waals surface area contributed by atoms with Crippen LogP contribution in [0.25, 0.3) is 0 Å². The van der Waals surface area contributed by atoms with Crippen molar-refractivity contribution in [3.8, 4) is 5.75 Å². The zero-order chi connectivity index (χ0) is 23.0. The molecule has 8 heteroatoms. The molecule has 3 rings (SSSR count). The molecule has 7 nitrogen and oxygen atoms in total. The maximum absolute atomic E-state index is 12.4. The molecule has 168 valence electrons. The van der Waals surface area contributed by atoms with E-state index in [0.717, 1.165) is 22.4 Å². The van der Waals surface area contributed by atoms with Crippen molar-refractivity contribution in [1.82, 2.24) is 15.0 Å². The summed E-state index contributed by atoms with van der Waals surface area (Å²) in [5.41, 5.74) is 3.63. The van der Waals surface area contributed by atoms with Crippen molar-refractivity contribution >= 4 is 15.9 Å². The lowest BCUT2D eigenvalue weighted by atomic mass is 10.1. The molecule has 2 aromatic carbocycles. The zero-order valence-electron chi connectivity index (χ0n) is 18.2. The Morgan fingerprint density at radius 3 is 2.59 bits per heavy atom. The first-order valence-corrected chi connectivity index (χ1v) is 11.8. The first-order valence-electron chi connectivity index (χ1n) is 10.3. The molecule has 2 N–H and O–H groups in total. The van der Waals surface area contributed by atoms with Crippen molar-refractivity contribution < 1.29 is 17.9 Å².